The molecule has 35 heavy (non-hydrogen) atoms. The van der Waals surface area contributed by atoms with Crippen molar-refractivity contribution in [1.82, 2.24) is 9.88 Å². The van der Waals surface area contributed by atoms with E-state index in [0.717, 1.165) is 35.6 Å². The summed E-state index contributed by atoms with van der Waals surface area (Å²) in [5.41, 5.74) is 1.30. The normalized spacial score (nSPS) is 14.1. The van der Waals surface area contributed by atoms with Gasteiger partial charge in [-0.25, -0.2) is 4.98 Å². The second-order valence-corrected chi connectivity index (χ2v) is 9.16. The van der Waals surface area contributed by atoms with Crippen molar-refractivity contribution in [1.29, 1.82) is 0 Å². The molecule has 0 radical (unpaired) electrons. The van der Waals surface area contributed by atoms with Crippen molar-refractivity contribution < 1.29 is 19.0 Å². The number of amides is 1. The lowest BCUT2D eigenvalue weighted by atomic mass is 10.1. The van der Waals surface area contributed by atoms with Crippen LogP contribution in [0.1, 0.15) is 10.4 Å². The zero-order chi connectivity index (χ0) is 24.0. The van der Waals surface area contributed by atoms with Crippen LogP contribution in [0, 0.1) is 0 Å². The quantitative estimate of drug-likeness (QED) is 0.344. The molecule has 1 aliphatic rings. The fourth-order valence-corrected chi connectivity index (χ4v) is 4.95. The number of benzene rings is 3. The van der Waals surface area contributed by atoms with Gasteiger partial charge in [-0.3, -0.25) is 14.6 Å². The van der Waals surface area contributed by atoms with Crippen LogP contribution in [0.4, 0.5) is 5.13 Å². The molecule has 1 fully saturated rings. The summed E-state index contributed by atoms with van der Waals surface area (Å²) in [5.74, 6) is 1.79. The molecule has 1 amide bonds. The van der Waals surface area contributed by atoms with Crippen molar-refractivity contribution in [2.24, 2.45) is 0 Å². The van der Waals surface area contributed by atoms with Gasteiger partial charge in [0.15, 0.2) is 5.13 Å². The minimum Gasteiger partial charge on any atom is -0.497 e. The Morgan fingerprint density at radius 2 is 1.80 bits per heavy atom. The monoisotopic (exact) mass is 489 g/mol. The number of hydrogen-bond acceptors (Lipinski definition) is 7. The fourth-order valence-electron chi connectivity index (χ4n) is 3.98. The van der Waals surface area contributed by atoms with Crippen LogP contribution in [0.5, 0.6) is 17.2 Å². The van der Waals surface area contributed by atoms with Crippen LogP contribution in [0.15, 0.2) is 72.8 Å². The third-order valence-electron chi connectivity index (χ3n) is 5.89. The Morgan fingerprint density at radius 3 is 2.60 bits per heavy atom. The van der Waals surface area contributed by atoms with Gasteiger partial charge < -0.3 is 14.2 Å². The van der Waals surface area contributed by atoms with Crippen LogP contribution in [0.3, 0.4) is 0 Å². The van der Waals surface area contributed by atoms with Crippen LogP contribution >= 0.6 is 11.3 Å². The average molecular weight is 490 g/mol. The number of thiazole rings is 1. The first-order valence-electron chi connectivity index (χ1n) is 11.6. The van der Waals surface area contributed by atoms with Crippen molar-refractivity contribution in [3.05, 3.63) is 78.4 Å². The molecule has 1 aromatic heterocycles. The number of aromatic nitrogens is 1. The number of fused-ring (bicyclic) bond motifs is 1. The van der Waals surface area contributed by atoms with Gasteiger partial charge in [0, 0.05) is 32.2 Å². The molecule has 2 heterocycles. The summed E-state index contributed by atoms with van der Waals surface area (Å²) in [6, 6.07) is 22.6. The predicted octanol–water partition coefficient (Wildman–Crippen LogP) is 5.08. The highest BCUT2D eigenvalue weighted by molar-refractivity contribution is 7.22. The number of hydrogen-bond donors (Lipinski definition) is 0. The summed E-state index contributed by atoms with van der Waals surface area (Å²) >= 11 is 1.50. The third-order valence-corrected chi connectivity index (χ3v) is 6.95. The number of anilines is 1. The smallest absolute Gasteiger partial charge is 0.263 e. The van der Waals surface area contributed by atoms with Crippen molar-refractivity contribution in [3.63, 3.8) is 0 Å². The van der Waals surface area contributed by atoms with Gasteiger partial charge >= 0.3 is 0 Å². The topological polar surface area (TPSA) is 64.1 Å². The van der Waals surface area contributed by atoms with Gasteiger partial charge in [0.2, 0.25) is 0 Å². The lowest BCUT2D eigenvalue weighted by Crippen LogP contribution is -2.43. The Hall–Kier alpha value is -3.46. The van der Waals surface area contributed by atoms with Gasteiger partial charge in [0.25, 0.3) is 5.91 Å². The number of methoxy groups -OCH3 is 1. The van der Waals surface area contributed by atoms with Crippen molar-refractivity contribution in [2.45, 2.75) is 0 Å². The summed E-state index contributed by atoms with van der Waals surface area (Å²) in [7, 11) is 1.64. The molecule has 0 spiro atoms. The summed E-state index contributed by atoms with van der Waals surface area (Å²) in [5, 5.41) is 0.654. The van der Waals surface area contributed by atoms with Gasteiger partial charge in [-0.05, 0) is 36.4 Å². The molecule has 180 valence electrons. The molecule has 7 nitrogen and oxygen atoms in total. The minimum atomic E-state index is -0.143. The van der Waals surface area contributed by atoms with Gasteiger partial charge in [-0.1, -0.05) is 41.7 Å². The van der Waals surface area contributed by atoms with E-state index in [1.54, 1.807) is 18.1 Å². The first kappa shape index (κ1) is 23.3. The SMILES string of the molecule is COc1ccc2sc(N(CCN3CCOCC3)C(=O)c3ccccc3Oc3ccccc3)nc2c1. The van der Waals surface area contributed by atoms with Gasteiger partial charge in [-0.15, -0.1) is 0 Å². The number of carbonyl (C=O) groups is 1. The Labute approximate surface area is 208 Å². The van der Waals surface area contributed by atoms with Crippen LogP contribution in [-0.2, 0) is 4.74 Å². The zero-order valence-corrected chi connectivity index (χ0v) is 20.4. The summed E-state index contributed by atoms with van der Waals surface area (Å²) in [4.78, 5) is 22.9. The maximum Gasteiger partial charge on any atom is 0.263 e. The van der Waals surface area contributed by atoms with Crippen molar-refractivity contribution >= 4 is 32.6 Å². The molecule has 0 atom stereocenters. The van der Waals surface area contributed by atoms with E-state index in [-0.39, 0.29) is 5.91 Å². The molecule has 0 unspecified atom stereocenters. The second kappa shape index (κ2) is 10.9. The van der Waals surface area contributed by atoms with E-state index in [0.29, 0.717) is 42.0 Å². The van der Waals surface area contributed by atoms with E-state index < -0.39 is 0 Å². The molecule has 0 bridgehead atoms. The molecule has 0 N–H and O–H groups in total. The van der Waals surface area contributed by atoms with Gasteiger partial charge in [0.05, 0.1) is 36.1 Å². The molecule has 5 rings (SSSR count). The third kappa shape index (κ3) is 5.45. The van der Waals surface area contributed by atoms with Crippen LogP contribution < -0.4 is 14.4 Å². The van der Waals surface area contributed by atoms with Gasteiger partial charge in [0.1, 0.15) is 17.2 Å². The van der Waals surface area contributed by atoms with E-state index in [2.05, 4.69) is 4.90 Å². The molecule has 0 saturated carbocycles. The van der Waals surface area contributed by atoms with Crippen molar-refractivity contribution in [3.8, 4) is 17.2 Å². The highest BCUT2D eigenvalue weighted by atomic mass is 32.1. The Kier molecular flexibility index (Phi) is 7.23. The molecule has 3 aromatic carbocycles. The number of ether oxygens (including phenoxy) is 3. The molecular formula is C27H27N3O4S. The molecule has 8 heteroatoms. The Balaban J connectivity index is 1.47. The van der Waals surface area contributed by atoms with Crippen LogP contribution in [0.25, 0.3) is 10.2 Å². The Bertz CT molecular complexity index is 1290. The zero-order valence-electron chi connectivity index (χ0n) is 19.6. The van der Waals surface area contributed by atoms with E-state index in [4.69, 9.17) is 19.2 Å². The summed E-state index contributed by atoms with van der Waals surface area (Å²) in [6.07, 6.45) is 0. The standard InChI is InChI=1S/C27H27N3O4S/c1-32-21-11-12-25-23(19-21)28-27(35-25)30(14-13-29-15-17-33-18-16-29)26(31)22-9-5-6-10-24(22)34-20-7-3-2-4-8-20/h2-12,19H,13-18H2,1H3. The largest absolute Gasteiger partial charge is 0.497 e. The number of morpholine rings is 1. The van der Waals surface area contributed by atoms with Crippen LogP contribution in [0.2, 0.25) is 0 Å². The molecule has 1 saturated heterocycles. The van der Waals surface area contributed by atoms with E-state index >= 15 is 0 Å². The Morgan fingerprint density at radius 1 is 1.03 bits per heavy atom. The first-order chi connectivity index (χ1) is 17.2. The molecule has 0 aliphatic carbocycles. The van der Waals surface area contributed by atoms with E-state index in [1.165, 1.54) is 11.3 Å². The molecule has 4 aromatic rings. The van der Waals surface area contributed by atoms with E-state index in [1.807, 2.05) is 66.7 Å². The number of nitrogens with zero attached hydrogens (tertiary/aromatic N) is 3. The lowest BCUT2D eigenvalue weighted by molar-refractivity contribution is 0.0391. The van der Waals surface area contributed by atoms with Crippen molar-refractivity contribution in [2.75, 3.05) is 51.4 Å². The molecular weight excluding hydrogens is 462 g/mol. The van der Waals surface area contributed by atoms with E-state index in [9.17, 15) is 4.79 Å². The average Bonchev–Trinajstić information content (AvgIpc) is 3.33. The second-order valence-electron chi connectivity index (χ2n) is 8.15. The fraction of sp³-hybridized carbons (Fsp3) is 0.259. The molecule has 1 aliphatic heterocycles. The predicted molar refractivity (Wildman–Crippen MR) is 138 cm³/mol. The number of carbonyl (C=O) groups excluding carboxylic acids is 1. The maximum absolute atomic E-state index is 14.0. The summed E-state index contributed by atoms with van der Waals surface area (Å²) < 4.78 is 17.9. The maximum atomic E-state index is 14.0. The summed E-state index contributed by atoms with van der Waals surface area (Å²) in [6.45, 7) is 4.37. The van der Waals surface area contributed by atoms with Gasteiger partial charge in [-0.2, -0.15) is 0 Å². The first-order valence-corrected chi connectivity index (χ1v) is 12.4. The minimum absolute atomic E-state index is 0.143. The highest BCUT2D eigenvalue weighted by Gasteiger charge is 2.25. The number of para-hydroxylation sites is 2. The van der Waals surface area contributed by atoms with Crippen LogP contribution in [-0.4, -0.2) is 62.3 Å². The lowest BCUT2D eigenvalue weighted by Gasteiger charge is -2.29. The highest BCUT2D eigenvalue weighted by Crippen LogP contribution is 2.33. The number of rotatable bonds is 8.